The highest BCUT2D eigenvalue weighted by molar-refractivity contribution is 6.30. The Labute approximate surface area is 135 Å². The Kier molecular flexibility index (Phi) is 7.06. The lowest BCUT2D eigenvalue weighted by atomic mass is 9.71. The molecule has 3 unspecified atom stereocenters. The number of rotatable bonds is 7. The van der Waals surface area contributed by atoms with Crippen LogP contribution in [0.25, 0.3) is 0 Å². The van der Waals surface area contributed by atoms with Crippen LogP contribution in [0.2, 0.25) is 5.02 Å². The molecule has 1 saturated carbocycles. The van der Waals surface area contributed by atoms with Crippen molar-refractivity contribution in [3.8, 4) is 0 Å². The van der Waals surface area contributed by atoms with Gasteiger partial charge in [0.15, 0.2) is 0 Å². The Bertz CT molecular complexity index is 416. The number of hydrogen-bond acceptors (Lipinski definition) is 1. The lowest BCUT2D eigenvalue weighted by molar-refractivity contribution is 0.171. The van der Waals surface area contributed by atoms with E-state index in [0.29, 0.717) is 0 Å². The second-order valence-corrected chi connectivity index (χ2v) is 7.08. The van der Waals surface area contributed by atoms with Crippen LogP contribution in [0.1, 0.15) is 51.5 Å². The zero-order chi connectivity index (χ0) is 15.1. The van der Waals surface area contributed by atoms with Gasteiger partial charge in [-0.15, -0.1) is 0 Å². The topological polar surface area (TPSA) is 12.0 Å². The second kappa shape index (κ2) is 8.80. The molecule has 0 spiro atoms. The molecule has 2 heteroatoms. The van der Waals surface area contributed by atoms with E-state index in [1.807, 2.05) is 6.07 Å². The molecule has 0 aromatic heterocycles. The number of halogens is 1. The van der Waals surface area contributed by atoms with Gasteiger partial charge >= 0.3 is 0 Å². The molecule has 1 fully saturated rings. The van der Waals surface area contributed by atoms with Crippen molar-refractivity contribution in [1.29, 1.82) is 0 Å². The van der Waals surface area contributed by atoms with Gasteiger partial charge in [0.25, 0.3) is 0 Å². The minimum absolute atomic E-state index is 0.812. The van der Waals surface area contributed by atoms with E-state index in [4.69, 9.17) is 11.6 Å². The van der Waals surface area contributed by atoms with Crippen molar-refractivity contribution in [2.75, 3.05) is 13.1 Å². The molecule has 1 aliphatic rings. The smallest absolute Gasteiger partial charge is 0.0408 e. The summed E-state index contributed by atoms with van der Waals surface area (Å²) in [6.45, 7) is 6.92. The molecule has 0 amide bonds. The van der Waals surface area contributed by atoms with Gasteiger partial charge in [-0.1, -0.05) is 50.4 Å². The van der Waals surface area contributed by atoms with Crippen molar-refractivity contribution in [3.05, 3.63) is 34.9 Å². The Morgan fingerprint density at radius 1 is 1.19 bits per heavy atom. The van der Waals surface area contributed by atoms with Gasteiger partial charge in [0.2, 0.25) is 0 Å². The fourth-order valence-corrected chi connectivity index (χ4v) is 3.96. The van der Waals surface area contributed by atoms with Gasteiger partial charge in [0.1, 0.15) is 0 Å². The number of benzene rings is 1. The van der Waals surface area contributed by atoms with Gasteiger partial charge < -0.3 is 5.32 Å². The molecule has 1 nitrogen and oxygen atoms in total. The van der Waals surface area contributed by atoms with Crippen LogP contribution in [-0.2, 0) is 6.42 Å². The molecule has 1 aliphatic carbocycles. The van der Waals surface area contributed by atoms with Gasteiger partial charge in [0, 0.05) is 5.02 Å². The Morgan fingerprint density at radius 2 is 2.05 bits per heavy atom. The maximum Gasteiger partial charge on any atom is 0.0408 e. The first-order valence-electron chi connectivity index (χ1n) is 8.68. The first-order valence-corrected chi connectivity index (χ1v) is 9.05. The zero-order valence-corrected chi connectivity index (χ0v) is 14.3. The predicted octanol–water partition coefficient (Wildman–Crippen LogP) is 5.32. The largest absolute Gasteiger partial charge is 0.316 e. The molecule has 0 bridgehead atoms. The first kappa shape index (κ1) is 16.8. The third-order valence-corrected chi connectivity index (χ3v) is 5.28. The van der Waals surface area contributed by atoms with Crippen molar-refractivity contribution < 1.29 is 0 Å². The fourth-order valence-electron chi connectivity index (χ4n) is 3.74. The minimum atomic E-state index is 0.812. The summed E-state index contributed by atoms with van der Waals surface area (Å²) in [6, 6.07) is 8.44. The minimum Gasteiger partial charge on any atom is -0.316 e. The summed E-state index contributed by atoms with van der Waals surface area (Å²) in [5, 5.41) is 4.51. The van der Waals surface area contributed by atoms with E-state index in [2.05, 4.69) is 37.4 Å². The summed E-state index contributed by atoms with van der Waals surface area (Å²) in [5.41, 5.74) is 1.41. The average molecular weight is 308 g/mol. The van der Waals surface area contributed by atoms with E-state index < -0.39 is 0 Å². The molecule has 1 aromatic rings. The van der Waals surface area contributed by atoms with Gasteiger partial charge in [-0.25, -0.2) is 0 Å². The Hall–Kier alpha value is -0.530. The maximum atomic E-state index is 6.14. The van der Waals surface area contributed by atoms with Crippen molar-refractivity contribution in [3.63, 3.8) is 0 Å². The summed E-state index contributed by atoms with van der Waals surface area (Å²) in [4.78, 5) is 0. The summed E-state index contributed by atoms with van der Waals surface area (Å²) in [6.07, 6.45) is 7.95. The molecular weight excluding hydrogens is 278 g/mol. The van der Waals surface area contributed by atoms with Crippen LogP contribution in [0.4, 0.5) is 0 Å². The predicted molar refractivity (Wildman–Crippen MR) is 92.9 cm³/mol. The van der Waals surface area contributed by atoms with Crippen LogP contribution in [0.5, 0.6) is 0 Å². The molecule has 0 radical (unpaired) electrons. The summed E-state index contributed by atoms with van der Waals surface area (Å²) in [7, 11) is 0. The lowest BCUT2D eigenvalue weighted by Crippen LogP contribution is -2.34. The van der Waals surface area contributed by atoms with Gasteiger partial charge in [-0.3, -0.25) is 0 Å². The van der Waals surface area contributed by atoms with Crippen molar-refractivity contribution >= 4 is 11.6 Å². The van der Waals surface area contributed by atoms with E-state index in [-0.39, 0.29) is 0 Å². The molecule has 118 valence electrons. The second-order valence-electron chi connectivity index (χ2n) is 6.65. The number of hydrogen-bond donors (Lipinski definition) is 1. The van der Waals surface area contributed by atoms with Crippen molar-refractivity contribution in [2.45, 2.75) is 52.4 Å². The van der Waals surface area contributed by atoms with Gasteiger partial charge in [-0.05, 0) is 74.2 Å². The van der Waals surface area contributed by atoms with E-state index in [1.165, 1.54) is 50.6 Å². The molecule has 1 aromatic carbocycles. The highest BCUT2D eigenvalue weighted by Gasteiger charge is 2.29. The summed E-state index contributed by atoms with van der Waals surface area (Å²) >= 11 is 6.14. The van der Waals surface area contributed by atoms with E-state index in [0.717, 1.165) is 29.3 Å². The molecule has 1 N–H and O–H groups in total. The molecular formula is C19H30ClN. The van der Waals surface area contributed by atoms with E-state index >= 15 is 0 Å². The quantitative estimate of drug-likeness (QED) is 0.672. The maximum absolute atomic E-state index is 6.14. The van der Waals surface area contributed by atoms with Crippen LogP contribution in [0.3, 0.4) is 0 Å². The molecule has 21 heavy (non-hydrogen) atoms. The van der Waals surface area contributed by atoms with Gasteiger partial charge in [0.05, 0.1) is 0 Å². The van der Waals surface area contributed by atoms with Crippen LogP contribution in [0, 0.1) is 17.8 Å². The highest BCUT2D eigenvalue weighted by atomic mass is 35.5. The zero-order valence-electron chi connectivity index (χ0n) is 13.6. The summed E-state index contributed by atoms with van der Waals surface area (Å²) in [5.74, 6) is 2.57. The molecule has 2 rings (SSSR count). The highest BCUT2D eigenvalue weighted by Crippen LogP contribution is 2.37. The summed E-state index contributed by atoms with van der Waals surface area (Å²) < 4.78 is 0. The van der Waals surface area contributed by atoms with Crippen LogP contribution in [-0.4, -0.2) is 13.1 Å². The molecule has 3 atom stereocenters. The standard InChI is InChI=1S/C19H30ClN/c1-3-10-21-14-17-9-8-15(4-2)11-18(17)12-16-6-5-7-19(20)13-16/h5-7,13,15,17-18,21H,3-4,8-12,14H2,1-2H3. The van der Waals surface area contributed by atoms with E-state index in [1.54, 1.807) is 0 Å². The average Bonchev–Trinajstić information content (AvgIpc) is 2.49. The molecule has 0 saturated heterocycles. The fraction of sp³-hybridized carbons (Fsp3) is 0.684. The SMILES string of the molecule is CCCNCC1CCC(CC)CC1Cc1cccc(Cl)c1. The first-order chi connectivity index (χ1) is 10.2. The molecule has 0 aliphatic heterocycles. The van der Waals surface area contributed by atoms with Crippen molar-refractivity contribution in [2.24, 2.45) is 17.8 Å². The third-order valence-electron chi connectivity index (χ3n) is 5.05. The number of nitrogens with one attached hydrogen (secondary N) is 1. The Balaban J connectivity index is 1.98. The van der Waals surface area contributed by atoms with Crippen LogP contribution >= 0.6 is 11.6 Å². The van der Waals surface area contributed by atoms with Crippen molar-refractivity contribution in [1.82, 2.24) is 5.32 Å². The van der Waals surface area contributed by atoms with Gasteiger partial charge in [-0.2, -0.15) is 0 Å². The van der Waals surface area contributed by atoms with E-state index in [9.17, 15) is 0 Å². The van der Waals surface area contributed by atoms with Crippen LogP contribution in [0.15, 0.2) is 24.3 Å². The monoisotopic (exact) mass is 307 g/mol. The third kappa shape index (κ3) is 5.30. The normalized spacial score (nSPS) is 26.0. The van der Waals surface area contributed by atoms with Crippen LogP contribution < -0.4 is 5.32 Å². The Morgan fingerprint density at radius 3 is 2.76 bits per heavy atom. The lowest BCUT2D eigenvalue weighted by Gasteiger charge is -2.36. The molecule has 0 heterocycles.